The fourth-order valence-corrected chi connectivity index (χ4v) is 2.01. The number of hydrogen-bond acceptors (Lipinski definition) is 3. The van der Waals surface area contributed by atoms with Gasteiger partial charge in [-0.05, 0) is 18.1 Å². The van der Waals surface area contributed by atoms with Crippen molar-refractivity contribution >= 4 is 17.4 Å². The lowest BCUT2D eigenvalue weighted by Gasteiger charge is -2.19. The van der Waals surface area contributed by atoms with Crippen molar-refractivity contribution in [3.05, 3.63) is 36.2 Å². The number of carbonyl (C=O) groups excluding carboxylic acids is 1. The number of nitrogens with zero attached hydrogens (tertiary/aromatic N) is 2. The quantitative estimate of drug-likeness (QED) is 0.867. The van der Waals surface area contributed by atoms with Crippen molar-refractivity contribution < 1.29 is 14.7 Å². The lowest BCUT2D eigenvalue weighted by molar-refractivity contribution is -0.140. The third-order valence-corrected chi connectivity index (χ3v) is 3.44. The number of carboxylic acid groups (broad SMARTS) is 1. The molecule has 0 saturated heterocycles. The number of carboxylic acids is 1. The summed E-state index contributed by atoms with van der Waals surface area (Å²) in [7, 11) is 0. The van der Waals surface area contributed by atoms with Crippen LogP contribution in [0.1, 0.15) is 30.6 Å². The molecule has 0 radical (unpaired) electrons. The molecule has 106 valence electrons. The second kappa shape index (κ2) is 5.73. The minimum absolute atomic E-state index is 0.140. The van der Waals surface area contributed by atoms with Gasteiger partial charge in [-0.1, -0.05) is 26.3 Å². The van der Waals surface area contributed by atoms with E-state index in [-0.39, 0.29) is 5.92 Å². The molecule has 0 aromatic carbocycles. The maximum Gasteiger partial charge on any atom is 0.326 e. The molecule has 0 saturated carbocycles. The minimum atomic E-state index is -1.02. The molecule has 6 nitrogen and oxygen atoms in total. The van der Waals surface area contributed by atoms with E-state index in [1.807, 2.05) is 6.92 Å². The van der Waals surface area contributed by atoms with Crippen molar-refractivity contribution in [1.82, 2.24) is 14.9 Å². The van der Waals surface area contributed by atoms with Crippen LogP contribution in [0.25, 0.3) is 5.52 Å². The molecule has 0 bridgehead atoms. The highest BCUT2D eigenvalue weighted by molar-refractivity contribution is 6.02. The van der Waals surface area contributed by atoms with Gasteiger partial charge in [0.1, 0.15) is 6.04 Å². The molecule has 2 aromatic rings. The van der Waals surface area contributed by atoms with Gasteiger partial charge in [0.25, 0.3) is 5.91 Å². The average Bonchev–Trinajstić information content (AvgIpc) is 2.87. The molecule has 2 heterocycles. The first kappa shape index (κ1) is 14.0. The Morgan fingerprint density at radius 3 is 2.85 bits per heavy atom. The molecule has 0 fully saturated rings. The van der Waals surface area contributed by atoms with Gasteiger partial charge in [0, 0.05) is 6.20 Å². The topological polar surface area (TPSA) is 83.7 Å². The zero-order valence-electron chi connectivity index (χ0n) is 11.4. The SMILES string of the molecule is CC[C@H](C)[C@H](NC(=O)c1cnn2ccccc12)C(=O)O. The Balaban J connectivity index is 2.25. The number of hydrogen-bond donors (Lipinski definition) is 2. The normalized spacial score (nSPS) is 13.9. The van der Waals surface area contributed by atoms with Crippen LogP contribution >= 0.6 is 0 Å². The van der Waals surface area contributed by atoms with Crippen molar-refractivity contribution in [2.24, 2.45) is 5.92 Å². The van der Waals surface area contributed by atoms with Gasteiger partial charge in [0.2, 0.25) is 0 Å². The van der Waals surface area contributed by atoms with Crippen LogP contribution in [0.5, 0.6) is 0 Å². The summed E-state index contributed by atoms with van der Waals surface area (Å²) in [5, 5.41) is 15.8. The Hall–Kier alpha value is -2.37. The summed E-state index contributed by atoms with van der Waals surface area (Å²) in [4.78, 5) is 23.5. The van der Waals surface area contributed by atoms with Crippen molar-refractivity contribution in [2.45, 2.75) is 26.3 Å². The van der Waals surface area contributed by atoms with Crippen LogP contribution in [0.3, 0.4) is 0 Å². The van der Waals surface area contributed by atoms with Gasteiger partial charge in [-0.15, -0.1) is 0 Å². The fourth-order valence-electron chi connectivity index (χ4n) is 2.01. The molecule has 0 spiro atoms. The summed E-state index contributed by atoms with van der Waals surface area (Å²) in [6.45, 7) is 3.69. The number of amides is 1. The van der Waals surface area contributed by atoms with Gasteiger partial charge in [-0.25, -0.2) is 9.31 Å². The van der Waals surface area contributed by atoms with E-state index in [1.165, 1.54) is 6.20 Å². The molecular formula is C14H17N3O3. The molecule has 0 aliphatic rings. The second-order valence-corrected chi connectivity index (χ2v) is 4.76. The average molecular weight is 275 g/mol. The Morgan fingerprint density at radius 1 is 1.45 bits per heavy atom. The molecule has 20 heavy (non-hydrogen) atoms. The van der Waals surface area contributed by atoms with Crippen LogP contribution < -0.4 is 5.32 Å². The lowest BCUT2D eigenvalue weighted by Crippen LogP contribution is -2.45. The maximum atomic E-state index is 12.2. The molecule has 2 rings (SSSR count). The number of pyridine rings is 1. The van der Waals surface area contributed by atoms with Gasteiger partial charge in [-0.3, -0.25) is 4.79 Å². The Bertz CT molecular complexity index is 635. The maximum absolute atomic E-state index is 12.2. The van der Waals surface area contributed by atoms with E-state index in [2.05, 4.69) is 10.4 Å². The highest BCUT2D eigenvalue weighted by Crippen LogP contribution is 2.13. The van der Waals surface area contributed by atoms with Crippen molar-refractivity contribution in [1.29, 1.82) is 0 Å². The van der Waals surface area contributed by atoms with Gasteiger partial charge in [-0.2, -0.15) is 5.10 Å². The molecule has 0 aliphatic carbocycles. The third kappa shape index (κ3) is 2.64. The highest BCUT2D eigenvalue weighted by atomic mass is 16.4. The van der Waals surface area contributed by atoms with E-state index in [0.29, 0.717) is 17.5 Å². The van der Waals surface area contributed by atoms with E-state index in [1.54, 1.807) is 35.8 Å². The molecule has 0 aliphatic heterocycles. The monoisotopic (exact) mass is 275 g/mol. The molecule has 1 amide bonds. The van der Waals surface area contributed by atoms with Gasteiger partial charge in [0.15, 0.2) is 0 Å². The molecule has 2 N–H and O–H groups in total. The lowest BCUT2D eigenvalue weighted by atomic mass is 9.99. The third-order valence-electron chi connectivity index (χ3n) is 3.44. The Labute approximate surface area is 116 Å². The van der Waals surface area contributed by atoms with E-state index in [4.69, 9.17) is 0 Å². The van der Waals surface area contributed by atoms with Crippen molar-refractivity contribution in [3.63, 3.8) is 0 Å². The molecular weight excluding hydrogens is 258 g/mol. The summed E-state index contributed by atoms with van der Waals surface area (Å²) in [5.74, 6) is -1.58. The summed E-state index contributed by atoms with van der Waals surface area (Å²) in [6.07, 6.45) is 3.85. The fraction of sp³-hybridized carbons (Fsp3) is 0.357. The molecule has 2 atom stereocenters. The zero-order chi connectivity index (χ0) is 14.7. The van der Waals surface area contributed by atoms with E-state index < -0.39 is 17.9 Å². The van der Waals surface area contributed by atoms with Gasteiger partial charge in [0.05, 0.1) is 17.3 Å². The molecule has 0 unspecified atom stereocenters. The predicted octanol–water partition coefficient (Wildman–Crippen LogP) is 1.56. The number of fused-ring (bicyclic) bond motifs is 1. The number of aromatic nitrogens is 2. The Kier molecular flexibility index (Phi) is 4.02. The van der Waals surface area contributed by atoms with Crippen LogP contribution in [0.4, 0.5) is 0 Å². The second-order valence-electron chi connectivity index (χ2n) is 4.76. The minimum Gasteiger partial charge on any atom is -0.480 e. The standard InChI is InChI=1S/C14H17N3O3/c1-3-9(2)12(14(19)20)16-13(18)10-8-15-17-7-5-4-6-11(10)17/h4-9,12H,3H2,1-2H3,(H,16,18)(H,19,20)/t9-,12-/m0/s1. The summed E-state index contributed by atoms with van der Waals surface area (Å²) in [6, 6.07) is 4.48. The summed E-state index contributed by atoms with van der Waals surface area (Å²) >= 11 is 0. The number of carbonyl (C=O) groups is 2. The molecule has 2 aromatic heterocycles. The molecule has 6 heteroatoms. The van der Waals surface area contributed by atoms with Crippen LogP contribution in [0.15, 0.2) is 30.6 Å². The van der Waals surface area contributed by atoms with Crippen LogP contribution in [0, 0.1) is 5.92 Å². The van der Waals surface area contributed by atoms with Gasteiger partial charge >= 0.3 is 5.97 Å². The first-order valence-electron chi connectivity index (χ1n) is 6.50. The number of rotatable bonds is 5. The van der Waals surface area contributed by atoms with E-state index in [9.17, 15) is 14.7 Å². The predicted molar refractivity (Wildman–Crippen MR) is 73.5 cm³/mol. The zero-order valence-corrected chi connectivity index (χ0v) is 11.4. The highest BCUT2D eigenvalue weighted by Gasteiger charge is 2.26. The first-order chi connectivity index (χ1) is 9.54. The number of aliphatic carboxylic acids is 1. The number of nitrogens with one attached hydrogen (secondary N) is 1. The van der Waals surface area contributed by atoms with E-state index >= 15 is 0 Å². The van der Waals surface area contributed by atoms with Crippen LogP contribution in [0.2, 0.25) is 0 Å². The van der Waals surface area contributed by atoms with E-state index in [0.717, 1.165) is 0 Å². The summed E-state index contributed by atoms with van der Waals surface area (Å²) < 4.78 is 1.58. The van der Waals surface area contributed by atoms with Crippen molar-refractivity contribution in [3.8, 4) is 0 Å². The van der Waals surface area contributed by atoms with Gasteiger partial charge < -0.3 is 10.4 Å². The smallest absolute Gasteiger partial charge is 0.326 e. The Morgan fingerprint density at radius 2 is 2.20 bits per heavy atom. The van der Waals surface area contributed by atoms with Crippen LogP contribution in [-0.4, -0.2) is 32.6 Å². The first-order valence-corrected chi connectivity index (χ1v) is 6.50. The van der Waals surface area contributed by atoms with Crippen molar-refractivity contribution in [2.75, 3.05) is 0 Å². The summed E-state index contributed by atoms with van der Waals surface area (Å²) in [5.41, 5.74) is 1.03. The largest absolute Gasteiger partial charge is 0.480 e. The van der Waals surface area contributed by atoms with Crippen LogP contribution in [-0.2, 0) is 4.79 Å².